The molecule has 0 bridgehead atoms. The predicted octanol–water partition coefficient (Wildman–Crippen LogP) is 3.67. The lowest BCUT2D eigenvalue weighted by atomic mass is 10.1. The number of fused-ring (bicyclic) bond motifs is 1. The highest BCUT2D eigenvalue weighted by atomic mass is 19.4. The summed E-state index contributed by atoms with van der Waals surface area (Å²) in [5.41, 5.74) is 0.447. The van der Waals surface area contributed by atoms with Crippen LogP contribution in [-0.4, -0.2) is 43.3 Å². The van der Waals surface area contributed by atoms with Gasteiger partial charge in [-0.15, -0.1) is 0 Å². The summed E-state index contributed by atoms with van der Waals surface area (Å²) in [6, 6.07) is 15.8. The Morgan fingerprint density at radius 3 is 2.61 bits per heavy atom. The molecule has 0 amide bonds. The van der Waals surface area contributed by atoms with Crippen molar-refractivity contribution in [3.8, 4) is 6.07 Å². The number of hydrogen-bond donors (Lipinski definition) is 0. The van der Waals surface area contributed by atoms with Crippen LogP contribution in [0, 0.1) is 11.3 Å². The largest absolute Gasteiger partial charge is 0.417 e. The Kier molecular flexibility index (Phi) is 5.00. The first-order chi connectivity index (χ1) is 13.5. The molecular weight excluding hydrogens is 367 g/mol. The highest BCUT2D eigenvalue weighted by Crippen LogP contribution is 2.36. The molecule has 2 unspecified atom stereocenters. The van der Waals surface area contributed by atoms with Crippen LogP contribution in [0.3, 0.4) is 0 Å². The van der Waals surface area contributed by atoms with Crippen LogP contribution in [-0.2, 0) is 17.5 Å². The molecule has 2 heterocycles. The maximum atomic E-state index is 13.3. The second kappa shape index (κ2) is 7.46. The van der Waals surface area contributed by atoms with Gasteiger partial charge in [-0.05, 0) is 23.8 Å². The monoisotopic (exact) mass is 387 g/mol. The van der Waals surface area contributed by atoms with E-state index >= 15 is 0 Å². The van der Waals surface area contributed by atoms with Crippen molar-refractivity contribution in [1.29, 1.82) is 5.26 Å². The molecule has 2 aliphatic heterocycles. The Balaban J connectivity index is 1.55. The van der Waals surface area contributed by atoms with Crippen molar-refractivity contribution in [2.24, 2.45) is 0 Å². The Morgan fingerprint density at radius 2 is 1.89 bits per heavy atom. The zero-order valence-electron chi connectivity index (χ0n) is 15.2. The summed E-state index contributed by atoms with van der Waals surface area (Å²) in [5.74, 6) is 0. The molecule has 0 spiro atoms. The van der Waals surface area contributed by atoms with Crippen molar-refractivity contribution >= 4 is 5.69 Å². The van der Waals surface area contributed by atoms with Gasteiger partial charge in [0.25, 0.3) is 0 Å². The topological polar surface area (TPSA) is 39.5 Å². The summed E-state index contributed by atoms with van der Waals surface area (Å²) in [5, 5.41) is 8.99. The number of rotatable bonds is 3. The van der Waals surface area contributed by atoms with Gasteiger partial charge in [-0.25, -0.2) is 0 Å². The molecule has 4 rings (SSSR count). The van der Waals surface area contributed by atoms with Crippen LogP contribution in [0.4, 0.5) is 18.9 Å². The Morgan fingerprint density at radius 1 is 1.11 bits per heavy atom. The first-order valence-corrected chi connectivity index (χ1v) is 9.21. The van der Waals surface area contributed by atoms with Crippen LogP contribution in [0.25, 0.3) is 0 Å². The third-order valence-corrected chi connectivity index (χ3v) is 5.44. The van der Waals surface area contributed by atoms with Gasteiger partial charge in [0.1, 0.15) is 0 Å². The number of anilines is 1. The molecule has 2 saturated heterocycles. The molecule has 28 heavy (non-hydrogen) atoms. The normalized spacial score (nSPS) is 22.7. The number of halogens is 3. The van der Waals surface area contributed by atoms with Crippen molar-refractivity contribution in [3.63, 3.8) is 0 Å². The highest BCUT2D eigenvalue weighted by molar-refractivity contribution is 5.56. The van der Waals surface area contributed by atoms with Crippen molar-refractivity contribution in [2.75, 3.05) is 31.1 Å². The predicted molar refractivity (Wildman–Crippen MR) is 98.8 cm³/mol. The molecule has 0 N–H and O–H groups in total. The minimum absolute atomic E-state index is 0.0394. The minimum atomic E-state index is -4.55. The molecule has 0 saturated carbocycles. The van der Waals surface area contributed by atoms with Gasteiger partial charge >= 0.3 is 6.18 Å². The zero-order chi connectivity index (χ0) is 19.7. The van der Waals surface area contributed by atoms with E-state index in [4.69, 9.17) is 10.00 Å². The van der Waals surface area contributed by atoms with E-state index in [1.165, 1.54) is 11.6 Å². The molecule has 2 aliphatic rings. The molecule has 4 nitrogen and oxygen atoms in total. The molecule has 0 radical (unpaired) electrons. The van der Waals surface area contributed by atoms with Crippen LogP contribution in [0.1, 0.15) is 16.7 Å². The first kappa shape index (κ1) is 18.8. The first-order valence-electron chi connectivity index (χ1n) is 9.21. The van der Waals surface area contributed by atoms with E-state index in [0.717, 1.165) is 19.2 Å². The number of benzene rings is 2. The van der Waals surface area contributed by atoms with Crippen LogP contribution in [0.15, 0.2) is 48.5 Å². The van der Waals surface area contributed by atoms with E-state index in [2.05, 4.69) is 17.0 Å². The van der Waals surface area contributed by atoms with E-state index in [-0.39, 0.29) is 17.7 Å². The number of alkyl halides is 3. The maximum absolute atomic E-state index is 13.3. The molecule has 2 aromatic rings. The molecule has 2 fully saturated rings. The molecule has 2 atom stereocenters. The molecule has 146 valence electrons. The summed E-state index contributed by atoms with van der Waals surface area (Å²) in [4.78, 5) is 4.27. The summed E-state index contributed by atoms with van der Waals surface area (Å²) >= 11 is 0. The second-order valence-electron chi connectivity index (χ2n) is 7.18. The lowest BCUT2D eigenvalue weighted by Gasteiger charge is -2.36. The van der Waals surface area contributed by atoms with Crippen molar-refractivity contribution in [1.82, 2.24) is 4.90 Å². The second-order valence-corrected chi connectivity index (χ2v) is 7.18. The number of ether oxygens (including phenoxy) is 1. The van der Waals surface area contributed by atoms with Crippen molar-refractivity contribution < 1.29 is 17.9 Å². The van der Waals surface area contributed by atoms with Crippen LogP contribution in [0.2, 0.25) is 0 Å². The molecular formula is C21H20F3N3O. The number of nitriles is 1. The van der Waals surface area contributed by atoms with Gasteiger partial charge in [0, 0.05) is 31.9 Å². The average molecular weight is 387 g/mol. The SMILES string of the molecule is N#Cc1ccc(N2CC3OCCN(Cc4ccccc4)C3C2)cc1C(F)(F)F. The molecule has 2 aromatic carbocycles. The van der Waals surface area contributed by atoms with Crippen molar-refractivity contribution in [2.45, 2.75) is 24.9 Å². The van der Waals surface area contributed by atoms with Gasteiger partial charge in [-0.3, -0.25) is 4.90 Å². The standard InChI is InChI=1S/C21H20F3N3O/c22-21(23,24)18-10-17(7-6-16(18)11-25)27-13-19-20(14-27)28-9-8-26(19)12-15-4-2-1-3-5-15/h1-7,10,19-20H,8-9,12-14H2. The fourth-order valence-corrected chi connectivity index (χ4v) is 4.04. The van der Waals surface area contributed by atoms with Crippen LogP contribution < -0.4 is 4.90 Å². The minimum Gasteiger partial charge on any atom is -0.373 e. The van der Waals surface area contributed by atoms with Crippen LogP contribution in [0.5, 0.6) is 0 Å². The quantitative estimate of drug-likeness (QED) is 0.806. The lowest BCUT2D eigenvalue weighted by Crippen LogP contribution is -2.50. The van der Waals surface area contributed by atoms with E-state index in [1.54, 1.807) is 12.1 Å². The third-order valence-electron chi connectivity index (χ3n) is 5.44. The summed E-state index contributed by atoms with van der Waals surface area (Å²) in [7, 11) is 0. The number of hydrogen-bond acceptors (Lipinski definition) is 4. The number of nitrogens with zero attached hydrogens (tertiary/aromatic N) is 3. The fraction of sp³-hybridized carbons (Fsp3) is 0.381. The number of morpholine rings is 1. The van der Waals surface area contributed by atoms with E-state index in [0.29, 0.717) is 25.4 Å². The van der Waals surface area contributed by atoms with Gasteiger partial charge in [0.2, 0.25) is 0 Å². The van der Waals surface area contributed by atoms with Gasteiger partial charge < -0.3 is 9.64 Å². The van der Waals surface area contributed by atoms with Gasteiger partial charge in [0.15, 0.2) is 0 Å². The summed E-state index contributed by atoms with van der Waals surface area (Å²) < 4.78 is 45.8. The zero-order valence-corrected chi connectivity index (χ0v) is 15.2. The Bertz CT molecular complexity index is 879. The van der Waals surface area contributed by atoms with Gasteiger partial charge in [-0.2, -0.15) is 18.4 Å². The Hall–Kier alpha value is -2.56. The fourth-order valence-electron chi connectivity index (χ4n) is 4.04. The molecule has 7 heteroatoms. The summed E-state index contributed by atoms with van der Waals surface area (Å²) in [6.45, 7) is 3.34. The van der Waals surface area contributed by atoms with Crippen LogP contribution >= 0.6 is 0 Å². The smallest absolute Gasteiger partial charge is 0.373 e. The third kappa shape index (κ3) is 3.71. The van der Waals surface area contributed by atoms with E-state index in [9.17, 15) is 13.2 Å². The Labute approximate surface area is 161 Å². The molecule has 0 aliphatic carbocycles. The highest BCUT2D eigenvalue weighted by Gasteiger charge is 2.41. The lowest BCUT2D eigenvalue weighted by molar-refractivity contribution is -0.137. The van der Waals surface area contributed by atoms with Crippen molar-refractivity contribution in [3.05, 3.63) is 65.2 Å². The van der Waals surface area contributed by atoms with E-state index in [1.807, 2.05) is 23.1 Å². The summed E-state index contributed by atoms with van der Waals surface area (Å²) in [6.07, 6.45) is -4.59. The molecule has 0 aromatic heterocycles. The van der Waals surface area contributed by atoms with Gasteiger partial charge in [0.05, 0.1) is 35.9 Å². The maximum Gasteiger partial charge on any atom is 0.417 e. The van der Waals surface area contributed by atoms with Gasteiger partial charge in [-0.1, -0.05) is 30.3 Å². The average Bonchev–Trinajstić information content (AvgIpc) is 3.13. The van der Waals surface area contributed by atoms with E-state index < -0.39 is 11.7 Å².